The lowest BCUT2D eigenvalue weighted by atomic mass is 9.94. The number of aromatic nitrogens is 3. The van der Waals surface area contributed by atoms with Crippen molar-refractivity contribution in [1.29, 1.82) is 0 Å². The molecule has 0 aliphatic carbocycles. The van der Waals surface area contributed by atoms with E-state index in [1.54, 1.807) is 24.3 Å². The average Bonchev–Trinajstić information content (AvgIpc) is 3.12. The van der Waals surface area contributed by atoms with Crippen LogP contribution in [-0.4, -0.2) is 51.7 Å². The number of hydrogen-bond donors (Lipinski definition) is 2. The zero-order chi connectivity index (χ0) is 21.3. The van der Waals surface area contributed by atoms with Gasteiger partial charge in [0.15, 0.2) is 5.69 Å². The summed E-state index contributed by atoms with van der Waals surface area (Å²) >= 11 is 0. The van der Waals surface area contributed by atoms with Gasteiger partial charge in [-0.2, -0.15) is 9.49 Å². The number of rotatable bonds is 4. The molecule has 1 aliphatic heterocycles. The van der Waals surface area contributed by atoms with Gasteiger partial charge in [0.1, 0.15) is 0 Å². The van der Waals surface area contributed by atoms with E-state index in [0.717, 1.165) is 38.0 Å². The van der Waals surface area contributed by atoms with Crippen molar-refractivity contribution in [3.8, 4) is 11.1 Å². The minimum Gasteiger partial charge on any atom is -0.348 e. The predicted octanol–water partition coefficient (Wildman–Crippen LogP) is 4.00. The van der Waals surface area contributed by atoms with Crippen LogP contribution in [0.15, 0.2) is 36.5 Å². The molecule has 30 heavy (non-hydrogen) atoms. The van der Waals surface area contributed by atoms with Crippen LogP contribution >= 0.6 is 0 Å². The Balaban J connectivity index is 1.48. The lowest BCUT2D eigenvalue weighted by Crippen LogP contribution is -2.46. The first-order valence-electron chi connectivity index (χ1n) is 10.4. The zero-order valence-corrected chi connectivity index (χ0v) is 17.7. The largest absolute Gasteiger partial charge is 0.348 e. The Morgan fingerprint density at radius 3 is 2.73 bits per heavy atom. The Morgan fingerprint density at radius 1 is 1.27 bits per heavy atom. The molecule has 0 atom stereocenters. The van der Waals surface area contributed by atoms with E-state index in [-0.39, 0.29) is 17.4 Å². The number of fused-ring (bicyclic) bond motifs is 1. The Morgan fingerprint density at radius 2 is 2.03 bits per heavy atom. The molecule has 1 aliphatic rings. The van der Waals surface area contributed by atoms with Crippen LogP contribution in [0.25, 0.3) is 22.0 Å². The maximum atomic E-state index is 14.1. The van der Waals surface area contributed by atoms with Gasteiger partial charge >= 0.3 is 0 Å². The van der Waals surface area contributed by atoms with Crippen LogP contribution in [-0.2, 0) is 0 Å². The van der Waals surface area contributed by atoms with Crippen LogP contribution in [0.3, 0.4) is 0 Å². The third-order valence-corrected chi connectivity index (χ3v) is 5.47. The second-order valence-corrected chi connectivity index (χ2v) is 9.26. The van der Waals surface area contributed by atoms with Gasteiger partial charge in [-0.15, -0.1) is 0 Å². The molecule has 0 radical (unpaired) electrons. The SMILES string of the molecule is CC(C)(C)CN1CCC(NC(=O)c2n[nH]c3ccc(-c4cccnc4F)cc23)CC1. The average molecular weight is 410 g/mol. The molecule has 1 fully saturated rings. The number of benzene rings is 1. The van der Waals surface area contributed by atoms with Crippen LogP contribution in [0.2, 0.25) is 0 Å². The number of carbonyl (C=O) groups excluding carboxylic acids is 1. The summed E-state index contributed by atoms with van der Waals surface area (Å²) in [5.41, 5.74) is 2.42. The number of likely N-dealkylation sites (tertiary alicyclic amines) is 1. The van der Waals surface area contributed by atoms with Gasteiger partial charge in [0.2, 0.25) is 5.95 Å². The molecular weight excluding hydrogens is 381 g/mol. The highest BCUT2D eigenvalue weighted by Gasteiger charge is 2.25. The molecular formula is C23H28FN5O. The number of aromatic amines is 1. The predicted molar refractivity (Wildman–Crippen MR) is 116 cm³/mol. The number of nitrogens with zero attached hydrogens (tertiary/aromatic N) is 3. The molecule has 3 heterocycles. The molecule has 0 saturated carbocycles. The third-order valence-electron chi connectivity index (χ3n) is 5.47. The number of H-pyrrole nitrogens is 1. The molecule has 2 N–H and O–H groups in total. The van der Waals surface area contributed by atoms with Gasteiger partial charge in [0.25, 0.3) is 5.91 Å². The molecule has 7 heteroatoms. The highest BCUT2D eigenvalue weighted by atomic mass is 19.1. The topological polar surface area (TPSA) is 73.9 Å². The van der Waals surface area contributed by atoms with Crippen LogP contribution in [0.1, 0.15) is 44.1 Å². The van der Waals surface area contributed by atoms with Crippen molar-refractivity contribution in [2.45, 2.75) is 39.7 Å². The number of piperidine rings is 1. The maximum Gasteiger partial charge on any atom is 0.272 e. The molecule has 1 saturated heterocycles. The zero-order valence-electron chi connectivity index (χ0n) is 17.7. The van der Waals surface area contributed by atoms with Crippen molar-refractivity contribution in [3.05, 3.63) is 48.2 Å². The van der Waals surface area contributed by atoms with Gasteiger partial charge in [-0.25, -0.2) is 4.98 Å². The maximum absolute atomic E-state index is 14.1. The van der Waals surface area contributed by atoms with Crippen molar-refractivity contribution < 1.29 is 9.18 Å². The Bertz CT molecular complexity index is 1050. The van der Waals surface area contributed by atoms with E-state index in [0.29, 0.717) is 22.2 Å². The van der Waals surface area contributed by atoms with Crippen LogP contribution in [0.4, 0.5) is 4.39 Å². The number of hydrogen-bond acceptors (Lipinski definition) is 4. The second kappa shape index (κ2) is 8.14. The quantitative estimate of drug-likeness (QED) is 0.639. The lowest BCUT2D eigenvalue weighted by molar-refractivity contribution is 0.0892. The minimum absolute atomic E-state index is 0.138. The van der Waals surface area contributed by atoms with Gasteiger partial charge in [-0.05, 0) is 48.1 Å². The summed E-state index contributed by atoms with van der Waals surface area (Å²) in [6, 6.07) is 8.91. The van der Waals surface area contributed by atoms with E-state index < -0.39 is 5.95 Å². The summed E-state index contributed by atoms with van der Waals surface area (Å²) in [6.07, 6.45) is 3.27. The van der Waals surface area contributed by atoms with Crippen LogP contribution < -0.4 is 5.32 Å². The highest BCUT2D eigenvalue weighted by Crippen LogP contribution is 2.27. The molecule has 6 nitrogen and oxygen atoms in total. The minimum atomic E-state index is -0.534. The molecule has 158 valence electrons. The van der Waals surface area contributed by atoms with E-state index in [2.05, 4.69) is 46.2 Å². The van der Waals surface area contributed by atoms with Crippen molar-refractivity contribution in [2.24, 2.45) is 5.41 Å². The summed E-state index contributed by atoms with van der Waals surface area (Å²) < 4.78 is 14.1. The van der Waals surface area contributed by atoms with Crippen LogP contribution in [0.5, 0.6) is 0 Å². The van der Waals surface area contributed by atoms with E-state index in [1.807, 2.05) is 6.07 Å². The van der Waals surface area contributed by atoms with Crippen LogP contribution in [0, 0.1) is 11.4 Å². The first kappa shape index (κ1) is 20.5. The van der Waals surface area contributed by atoms with Gasteiger partial charge in [-0.1, -0.05) is 26.8 Å². The normalized spacial score (nSPS) is 16.1. The lowest BCUT2D eigenvalue weighted by Gasteiger charge is -2.36. The smallest absolute Gasteiger partial charge is 0.272 e. The van der Waals surface area contributed by atoms with Gasteiger partial charge < -0.3 is 10.2 Å². The number of carbonyl (C=O) groups is 1. The third kappa shape index (κ3) is 4.51. The summed E-state index contributed by atoms with van der Waals surface area (Å²) in [5.74, 6) is -0.729. The fraction of sp³-hybridized carbons (Fsp3) is 0.435. The Labute approximate surface area is 175 Å². The standard InChI is InChI=1S/C23H28FN5O/c1-23(2,3)14-29-11-8-16(9-12-29)26-22(30)20-18-13-15(6-7-19(18)27-28-20)17-5-4-10-25-21(17)24/h4-7,10,13,16H,8-9,11-12,14H2,1-3H3,(H,26,30)(H,27,28). The Kier molecular flexibility index (Phi) is 5.56. The number of nitrogens with one attached hydrogen (secondary N) is 2. The molecule has 0 spiro atoms. The molecule has 0 bridgehead atoms. The van der Waals surface area contributed by atoms with E-state index in [9.17, 15) is 9.18 Å². The van der Waals surface area contributed by atoms with E-state index in [4.69, 9.17) is 0 Å². The van der Waals surface area contributed by atoms with Gasteiger partial charge in [0.05, 0.1) is 5.52 Å². The molecule has 4 rings (SSSR count). The number of pyridine rings is 1. The van der Waals surface area contributed by atoms with Crippen molar-refractivity contribution in [3.63, 3.8) is 0 Å². The van der Waals surface area contributed by atoms with Gasteiger partial charge in [0, 0.05) is 42.8 Å². The number of amides is 1. The Hall–Kier alpha value is -2.80. The van der Waals surface area contributed by atoms with E-state index in [1.165, 1.54) is 6.20 Å². The molecule has 0 unspecified atom stereocenters. The first-order chi connectivity index (χ1) is 14.3. The summed E-state index contributed by atoms with van der Waals surface area (Å²) in [7, 11) is 0. The summed E-state index contributed by atoms with van der Waals surface area (Å²) in [6.45, 7) is 9.76. The first-order valence-corrected chi connectivity index (χ1v) is 10.4. The molecule has 3 aromatic rings. The molecule has 1 amide bonds. The van der Waals surface area contributed by atoms with Crippen molar-refractivity contribution in [1.82, 2.24) is 25.4 Å². The summed E-state index contributed by atoms with van der Waals surface area (Å²) in [5, 5.41) is 10.9. The van der Waals surface area contributed by atoms with Crippen molar-refractivity contribution in [2.75, 3.05) is 19.6 Å². The fourth-order valence-corrected chi connectivity index (χ4v) is 4.12. The second-order valence-electron chi connectivity index (χ2n) is 9.26. The number of halogens is 1. The highest BCUT2D eigenvalue weighted by molar-refractivity contribution is 6.05. The summed E-state index contributed by atoms with van der Waals surface area (Å²) in [4.78, 5) is 19.1. The van der Waals surface area contributed by atoms with Gasteiger partial charge in [-0.3, -0.25) is 9.89 Å². The fourth-order valence-electron chi connectivity index (χ4n) is 4.12. The molecule has 1 aromatic carbocycles. The monoisotopic (exact) mass is 409 g/mol. The van der Waals surface area contributed by atoms with E-state index >= 15 is 0 Å². The van der Waals surface area contributed by atoms with Crippen molar-refractivity contribution >= 4 is 16.8 Å². The molecule has 2 aromatic heterocycles.